The zero-order valence-corrected chi connectivity index (χ0v) is 33.0. The van der Waals surface area contributed by atoms with E-state index in [2.05, 4.69) is 6.92 Å². The van der Waals surface area contributed by atoms with Crippen molar-refractivity contribution in [2.75, 3.05) is 59.5 Å². The molecule has 2 aliphatic rings. The Morgan fingerprint density at radius 3 is 1.64 bits per heavy atom. The van der Waals surface area contributed by atoms with Crippen LogP contribution in [0.1, 0.15) is 38.3 Å². The highest BCUT2D eigenvalue weighted by molar-refractivity contribution is 6.63. The van der Waals surface area contributed by atoms with Crippen LogP contribution in [0.25, 0.3) is 28.0 Å². The molecule has 5 aromatic rings. The van der Waals surface area contributed by atoms with Crippen molar-refractivity contribution in [3.63, 3.8) is 0 Å². The number of allylic oxidation sites excluding steroid dienone is 1. The fraction of sp³-hybridized carbons (Fsp3) is 0.289. The maximum absolute atomic E-state index is 17.9. The second-order valence-electron chi connectivity index (χ2n) is 13.6. The lowest BCUT2D eigenvalue weighted by molar-refractivity contribution is -0.291. The first-order valence-electron chi connectivity index (χ1n) is 19.8. The Morgan fingerprint density at radius 2 is 1.10 bits per heavy atom. The molecule has 7 rings (SSSR count). The van der Waals surface area contributed by atoms with Gasteiger partial charge in [-0.25, -0.2) is 0 Å². The van der Waals surface area contributed by atoms with Crippen LogP contribution in [0.4, 0.5) is 14.4 Å². The van der Waals surface area contributed by atoms with Gasteiger partial charge in [0.1, 0.15) is 36.2 Å². The lowest BCUT2D eigenvalue weighted by atomic mass is 9.90. The number of aliphatic hydroxyl groups excluding tert-OH is 1. The monoisotopic (exact) mass is 791 g/mol. The van der Waals surface area contributed by atoms with Crippen molar-refractivity contribution in [3.8, 4) is 45.4 Å². The molecule has 0 aliphatic carbocycles. The minimum atomic E-state index is -4.54. The number of fused-ring (bicyclic) bond motifs is 2. The number of ether oxygens (including phenoxy) is 6. The van der Waals surface area contributed by atoms with Gasteiger partial charge in [0, 0.05) is 23.4 Å². The Kier molecular flexibility index (Phi) is 13.0. The number of hydrogen-bond donors (Lipinski definition) is 1. The summed E-state index contributed by atoms with van der Waals surface area (Å²) in [6.07, 6.45) is 2.71. The molecule has 0 spiro atoms. The Hall–Kier alpha value is -5.76. The van der Waals surface area contributed by atoms with Crippen LogP contribution in [-0.4, -0.2) is 92.1 Å². The molecule has 0 saturated heterocycles. The molecule has 1 aromatic heterocycles. The number of aromatic nitrogens is 1. The van der Waals surface area contributed by atoms with Crippen LogP contribution >= 0.6 is 0 Å². The number of nitrogens with zero attached hydrogens (tertiary/aromatic N) is 3. The number of hydrogen-bond acceptors (Lipinski definition) is 8. The average molecular weight is 792 g/mol. The van der Waals surface area contributed by atoms with E-state index in [9.17, 15) is 0 Å². The summed E-state index contributed by atoms with van der Waals surface area (Å²) in [6.45, 7) is 4.60. The molecule has 0 atom stereocenters. The van der Waals surface area contributed by atoms with Crippen molar-refractivity contribution >= 4 is 29.9 Å². The van der Waals surface area contributed by atoms with Gasteiger partial charge in [-0.3, -0.25) is 0 Å². The third-order valence-corrected chi connectivity index (χ3v) is 9.68. The number of halogens is 2. The fourth-order valence-electron chi connectivity index (χ4n) is 7.06. The van der Waals surface area contributed by atoms with Gasteiger partial charge >= 0.3 is 6.97 Å². The Labute approximate surface area is 337 Å². The Morgan fingerprint density at radius 1 is 0.603 bits per heavy atom. The Balaban J connectivity index is 1.34. The van der Waals surface area contributed by atoms with Gasteiger partial charge in [-0.1, -0.05) is 31.2 Å². The standard InChI is InChI=1S/C45H48BF2N3O7/c1-4-24-53-26-28-57-38-15-7-32(8-16-38)40-30-42(34-11-19-36(20-12-34)55-5-2)50-44(40)49-45-41(33-9-17-39(18-10-33)58-29-27-54-25-23-52)31-43(51(45)46(50,47)48)35-13-21-37(22-14-35)56-6-3/h7-22,30-31,52H,4-6,23-29H2,1-3H3. The van der Waals surface area contributed by atoms with Crippen LogP contribution < -0.4 is 18.9 Å². The van der Waals surface area contributed by atoms with Crippen LogP contribution in [0.3, 0.4) is 0 Å². The summed E-state index contributed by atoms with van der Waals surface area (Å²) in [4.78, 5) is 5.14. The van der Waals surface area contributed by atoms with Crippen LogP contribution in [-0.2, 0) is 9.47 Å². The molecule has 0 saturated carbocycles. The smallest absolute Gasteiger partial charge is 0.494 e. The van der Waals surface area contributed by atoms with Crippen LogP contribution in [0.15, 0.2) is 114 Å². The summed E-state index contributed by atoms with van der Waals surface area (Å²) < 4.78 is 72.0. The number of rotatable bonds is 20. The molecular weight excluding hydrogens is 743 g/mol. The first-order chi connectivity index (χ1) is 28.4. The molecule has 13 heteroatoms. The number of amidine groups is 1. The molecule has 58 heavy (non-hydrogen) atoms. The summed E-state index contributed by atoms with van der Waals surface area (Å²) in [5.74, 6) is 2.82. The molecule has 3 heterocycles. The second-order valence-corrected chi connectivity index (χ2v) is 13.6. The molecule has 0 unspecified atom stereocenters. The third-order valence-electron chi connectivity index (χ3n) is 9.68. The highest BCUT2D eigenvalue weighted by atomic mass is 19.2. The van der Waals surface area contributed by atoms with E-state index in [-0.39, 0.29) is 24.9 Å². The lowest BCUT2D eigenvalue weighted by Gasteiger charge is -2.32. The van der Waals surface area contributed by atoms with Crippen LogP contribution in [0.2, 0.25) is 0 Å². The summed E-state index contributed by atoms with van der Waals surface area (Å²) in [6, 6.07) is 30.8. The third kappa shape index (κ3) is 8.71. The van der Waals surface area contributed by atoms with E-state index in [0.717, 1.165) is 15.4 Å². The van der Waals surface area contributed by atoms with Crippen molar-refractivity contribution in [2.45, 2.75) is 27.2 Å². The first-order valence-corrected chi connectivity index (χ1v) is 19.8. The van der Waals surface area contributed by atoms with E-state index in [1.54, 1.807) is 72.8 Å². The molecule has 302 valence electrons. The molecule has 0 radical (unpaired) electrons. The van der Waals surface area contributed by atoms with Gasteiger partial charge in [0.2, 0.25) is 5.82 Å². The van der Waals surface area contributed by atoms with Gasteiger partial charge in [0.15, 0.2) is 0 Å². The van der Waals surface area contributed by atoms with E-state index in [1.807, 2.05) is 50.2 Å². The van der Waals surface area contributed by atoms with E-state index < -0.39 is 6.97 Å². The largest absolute Gasteiger partial charge is 0.642 e. The lowest BCUT2D eigenvalue weighted by Crippen LogP contribution is -2.53. The van der Waals surface area contributed by atoms with Crippen molar-refractivity contribution in [1.82, 2.24) is 4.48 Å². The van der Waals surface area contributed by atoms with Crippen molar-refractivity contribution in [3.05, 3.63) is 120 Å². The molecule has 0 bridgehead atoms. The molecule has 0 amide bonds. The molecule has 1 N–H and O–H groups in total. The molecular formula is C45H48BF2N3O7. The second kappa shape index (κ2) is 18.7. The molecule has 2 aliphatic heterocycles. The predicted molar refractivity (Wildman–Crippen MR) is 223 cm³/mol. The minimum absolute atomic E-state index is 0.0630. The average Bonchev–Trinajstić information content (AvgIpc) is 3.83. The highest BCUT2D eigenvalue weighted by Crippen LogP contribution is 2.46. The van der Waals surface area contributed by atoms with Crippen LogP contribution in [0.5, 0.6) is 23.0 Å². The SMILES string of the molecule is CCCOCCOc1ccc(-c2cc(-c3ccc(OCC)cc3)n3c2N=C2C(c4ccc(OCCOCCO)cc4)=CC(c4ccc(OCC)cc4)=[N+]2[B-]3(F)F)cc1. The maximum Gasteiger partial charge on any atom is 0.642 e. The number of aliphatic imine (C=N–C) groups is 1. The first kappa shape index (κ1) is 40.4. The van der Waals surface area contributed by atoms with Gasteiger partial charge in [-0.05, 0) is 127 Å². The number of benzene rings is 4. The van der Waals surface area contributed by atoms with E-state index in [4.69, 9.17) is 38.5 Å². The van der Waals surface area contributed by atoms with Gasteiger partial charge in [-0.2, -0.15) is 0 Å². The van der Waals surface area contributed by atoms with Gasteiger partial charge in [0.05, 0.1) is 50.9 Å². The summed E-state index contributed by atoms with van der Waals surface area (Å²) in [5.41, 5.74) is 4.31. The topological polar surface area (TPSA) is 95.9 Å². The van der Waals surface area contributed by atoms with E-state index >= 15 is 8.63 Å². The quantitative estimate of drug-likeness (QED) is 0.0623. The molecule has 4 aromatic carbocycles. The summed E-state index contributed by atoms with van der Waals surface area (Å²) in [5, 5.41) is 8.97. The van der Waals surface area contributed by atoms with E-state index in [0.29, 0.717) is 114 Å². The predicted octanol–water partition coefficient (Wildman–Crippen LogP) is 8.68. The minimum Gasteiger partial charge on any atom is -0.494 e. The molecule has 0 fully saturated rings. The van der Waals surface area contributed by atoms with Crippen molar-refractivity contribution in [2.24, 2.45) is 4.99 Å². The normalized spacial score (nSPS) is 14.1. The highest BCUT2D eigenvalue weighted by Gasteiger charge is 2.53. The van der Waals surface area contributed by atoms with Crippen LogP contribution in [0, 0.1) is 0 Å². The van der Waals surface area contributed by atoms with Crippen molar-refractivity contribution < 1.29 is 46.6 Å². The zero-order chi connectivity index (χ0) is 40.5. The van der Waals surface area contributed by atoms with Gasteiger partial charge < -0.3 is 51.1 Å². The fourth-order valence-corrected chi connectivity index (χ4v) is 7.06. The summed E-state index contributed by atoms with van der Waals surface area (Å²) in [7, 11) is 0. The zero-order valence-electron chi connectivity index (χ0n) is 33.0. The molecule has 10 nitrogen and oxygen atoms in total. The van der Waals surface area contributed by atoms with Gasteiger partial charge in [0.25, 0.3) is 5.84 Å². The van der Waals surface area contributed by atoms with E-state index in [1.165, 1.54) is 0 Å². The Bertz CT molecular complexity index is 2250. The van der Waals surface area contributed by atoms with Gasteiger partial charge in [-0.15, -0.1) is 0 Å². The summed E-state index contributed by atoms with van der Waals surface area (Å²) >= 11 is 0. The number of aliphatic hydroxyl groups is 1. The van der Waals surface area contributed by atoms with Crippen molar-refractivity contribution in [1.29, 1.82) is 0 Å². The maximum atomic E-state index is 17.9.